The molecular formula is C13H16FNO2S. The lowest BCUT2D eigenvalue weighted by molar-refractivity contribution is 0.462. The topological polar surface area (TPSA) is 60.2 Å². The maximum absolute atomic E-state index is 13.8. The Morgan fingerprint density at radius 1 is 1.22 bits per heavy atom. The minimum atomic E-state index is -3.55. The smallest absolute Gasteiger partial charge is 0.184 e. The van der Waals surface area contributed by atoms with Crippen LogP contribution in [-0.2, 0) is 9.84 Å². The van der Waals surface area contributed by atoms with Crippen LogP contribution < -0.4 is 5.73 Å². The van der Waals surface area contributed by atoms with Gasteiger partial charge in [-0.05, 0) is 49.3 Å². The van der Waals surface area contributed by atoms with Gasteiger partial charge in [0.05, 0.1) is 5.25 Å². The summed E-state index contributed by atoms with van der Waals surface area (Å²) in [6, 6.07) is 3.83. The van der Waals surface area contributed by atoms with Crippen LogP contribution in [-0.4, -0.2) is 13.7 Å². The maximum Gasteiger partial charge on any atom is 0.184 e. The molecular weight excluding hydrogens is 253 g/mol. The Morgan fingerprint density at radius 2 is 2.00 bits per heavy atom. The first-order chi connectivity index (χ1) is 8.48. The van der Waals surface area contributed by atoms with Crippen molar-refractivity contribution in [3.8, 4) is 0 Å². The van der Waals surface area contributed by atoms with E-state index in [1.165, 1.54) is 12.1 Å². The van der Waals surface area contributed by atoms with E-state index >= 15 is 0 Å². The fraction of sp³-hybridized carbons (Fsp3) is 0.538. The van der Waals surface area contributed by atoms with E-state index in [4.69, 9.17) is 5.73 Å². The van der Waals surface area contributed by atoms with E-state index in [0.29, 0.717) is 12.3 Å². The Balaban J connectivity index is 2.00. The first kappa shape index (κ1) is 12.0. The molecule has 0 saturated heterocycles. The molecule has 0 aliphatic heterocycles. The predicted octanol–water partition coefficient (Wildman–Crippen LogP) is 2.37. The fourth-order valence-corrected chi connectivity index (χ4v) is 5.67. The summed E-state index contributed by atoms with van der Waals surface area (Å²) < 4.78 is 38.7. The van der Waals surface area contributed by atoms with Gasteiger partial charge in [0, 0.05) is 5.69 Å². The predicted molar refractivity (Wildman–Crippen MR) is 67.2 cm³/mol. The summed E-state index contributed by atoms with van der Waals surface area (Å²) in [6.07, 6.45) is 3.77. The number of fused-ring (bicyclic) bond motifs is 2. The summed E-state index contributed by atoms with van der Waals surface area (Å²) in [6.45, 7) is 0. The van der Waals surface area contributed by atoms with Crippen LogP contribution in [0, 0.1) is 17.7 Å². The zero-order chi connectivity index (χ0) is 12.9. The Kier molecular flexibility index (Phi) is 2.62. The third-order valence-corrected chi connectivity index (χ3v) is 6.65. The number of sulfone groups is 1. The number of nitrogens with two attached hydrogens (primary N) is 1. The zero-order valence-electron chi connectivity index (χ0n) is 9.97. The van der Waals surface area contributed by atoms with Gasteiger partial charge in [-0.15, -0.1) is 0 Å². The molecule has 2 bridgehead atoms. The second-order valence-electron chi connectivity index (χ2n) is 5.45. The Morgan fingerprint density at radius 3 is 2.56 bits per heavy atom. The van der Waals surface area contributed by atoms with Crippen molar-refractivity contribution < 1.29 is 12.8 Å². The summed E-state index contributed by atoms with van der Waals surface area (Å²) in [7, 11) is -3.55. The highest BCUT2D eigenvalue weighted by Gasteiger charge is 2.47. The fourth-order valence-electron chi connectivity index (χ4n) is 3.48. The molecule has 3 nitrogen and oxygen atoms in total. The van der Waals surface area contributed by atoms with E-state index in [2.05, 4.69) is 0 Å². The summed E-state index contributed by atoms with van der Waals surface area (Å²) >= 11 is 0. The quantitative estimate of drug-likeness (QED) is 0.838. The minimum Gasteiger partial charge on any atom is -0.399 e. The molecule has 2 aliphatic carbocycles. The molecule has 3 unspecified atom stereocenters. The number of nitrogen functional groups attached to an aromatic ring is 1. The highest BCUT2D eigenvalue weighted by molar-refractivity contribution is 7.92. The van der Waals surface area contributed by atoms with E-state index in [1.807, 2.05) is 0 Å². The van der Waals surface area contributed by atoms with Gasteiger partial charge in [-0.1, -0.05) is 6.42 Å². The van der Waals surface area contributed by atoms with Gasteiger partial charge in [-0.3, -0.25) is 0 Å². The number of hydrogen-bond donors (Lipinski definition) is 1. The van der Waals surface area contributed by atoms with Crippen LogP contribution in [0.15, 0.2) is 23.1 Å². The standard InChI is InChI=1S/C13H16FNO2S/c14-11-7-10(15)3-4-12(11)18(16,17)13-6-8-1-2-9(13)5-8/h3-4,7-9,13H,1-2,5-6,15H2. The summed E-state index contributed by atoms with van der Waals surface area (Å²) in [4.78, 5) is -0.186. The summed E-state index contributed by atoms with van der Waals surface area (Å²) in [5.41, 5.74) is 5.70. The van der Waals surface area contributed by atoms with Crippen LogP contribution in [0.5, 0.6) is 0 Å². The molecule has 2 N–H and O–H groups in total. The third kappa shape index (κ3) is 1.72. The van der Waals surface area contributed by atoms with Crippen molar-refractivity contribution >= 4 is 15.5 Å². The van der Waals surface area contributed by atoms with Crippen molar-refractivity contribution in [1.82, 2.24) is 0 Å². The van der Waals surface area contributed by atoms with Crippen LogP contribution in [0.3, 0.4) is 0 Å². The van der Waals surface area contributed by atoms with E-state index < -0.39 is 20.9 Å². The molecule has 1 aromatic carbocycles. The number of hydrogen-bond acceptors (Lipinski definition) is 3. The number of anilines is 1. The summed E-state index contributed by atoms with van der Waals surface area (Å²) in [5, 5.41) is -0.394. The van der Waals surface area contributed by atoms with E-state index in [9.17, 15) is 12.8 Å². The van der Waals surface area contributed by atoms with Crippen LogP contribution in [0.25, 0.3) is 0 Å². The minimum absolute atomic E-state index is 0.186. The SMILES string of the molecule is Nc1ccc(S(=O)(=O)C2CC3CCC2C3)c(F)c1. The molecule has 3 atom stereocenters. The van der Waals surface area contributed by atoms with Crippen LogP contribution in [0.1, 0.15) is 25.7 Å². The number of halogens is 1. The Labute approximate surface area is 106 Å². The maximum atomic E-state index is 13.8. The van der Waals surface area contributed by atoms with Gasteiger partial charge in [-0.2, -0.15) is 0 Å². The Bertz CT molecular complexity index is 585. The van der Waals surface area contributed by atoms with Gasteiger partial charge in [0.15, 0.2) is 9.84 Å². The average Bonchev–Trinajstić information content (AvgIpc) is 2.90. The van der Waals surface area contributed by atoms with Crippen molar-refractivity contribution in [2.24, 2.45) is 11.8 Å². The van der Waals surface area contributed by atoms with E-state index in [-0.39, 0.29) is 16.5 Å². The normalized spacial score (nSPS) is 30.8. The lowest BCUT2D eigenvalue weighted by Gasteiger charge is -2.22. The number of benzene rings is 1. The Hall–Kier alpha value is -1.10. The van der Waals surface area contributed by atoms with Crippen LogP contribution in [0.4, 0.5) is 10.1 Å². The first-order valence-corrected chi connectivity index (χ1v) is 7.82. The second-order valence-corrected chi connectivity index (χ2v) is 7.58. The lowest BCUT2D eigenvalue weighted by Crippen LogP contribution is -2.28. The molecule has 0 heterocycles. The molecule has 0 aromatic heterocycles. The molecule has 2 fully saturated rings. The monoisotopic (exact) mass is 269 g/mol. The van der Waals surface area contributed by atoms with Gasteiger partial charge in [0.1, 0.15) is 10.7 Å². The largest absolute Gasteiger partial charge is 0.399 e. The van der Waals surface area contributed by atoms with Crippen molar-refractivity contribution in [3.63, 3.8) is 0 Å². The van der Waals surface area contributed by atoms with Crippen molar-refractivity contribution in [2.45, 2.75) is 35.8 Å². The van der Waals surface area contributed by atoms with Crippen molar-refractivity contribution in [3.05, 3.63) is 24.0 Å². The molecule has 3 rings (SSSR count). The van der Waals surface area contributed by atoms with Gasteiger partial charge in [0.25, 0.3) is 0 Å². The van der Waals surface area contributed by atoms with E-state index in [1.54, 1.807) is 0 Å². The van der Waals surface area contributed by atoms with Crippen LogP contribution >= 0.6 is 0 Å². The van der Waals surface area contributed by atoms with Gasteiger partial charge in [-0.25, -0.2) is 12.8 Å². The molecule has 1 aromatic rings. The third-order valence-electron chi connectivity index (χ3n) is 4.33. The molecule has 0 radical (unpaired) electrons. The summed E-state index contributed by atoms with van der Waals surface area (Å²) in [5.74, 6) is 0.0151. The van der Waals surface area contributed by atoms with Gasteiger partial charge < -0.3 is 5.73 Å². The molecule has 98 valence electrons. The van der Waals surface area contributed by atoms with E-state index in [0.717, 1.165) is 25.3 Å². The zero-order valence-corrected chi connectivity index (χ0v) is 10.8. The average molecular weight is 269 g/mol. The van der Waals surface area contributed by atoms with Crippen molar-refractivity contribution in [1.29, 1.82) is 0 Å². The molecule has 0 amide bonds. The lowest BCUT2D eigenvalue weighted by atomic mass is 10.0. The van der Waals surface area contributed by atoms with Crippen molar-refractivity contribution in [2.75, 3.05) is 5.73 Å². The molecule has 0 spiro atoms. The molecule has 5 heteroatoms. The highest BCUT2D eigenvalue weighted by atomic mass is 32.2. The second kappa shape index (κ2) is 3.95. The van der Waals surface area contributed by atoms with Gasteiger partial charge >= 0.3 is 0 Å². The number of rotatable bonds is 2. The van der Waals surface area contributed by atoms with Gasteiger partial charge in [0.2, 0.25) is 0 Å². The molecule has 2 saturated carbocycles. The van der Waals surface area contributed by atoms with Crippen LogP contribution in [0.2, 0.25) is 0 Å². The molecule has 18 heavy (non-hydrogen) atoms. The highest BCUT2D eigenvalue weighted by Crippen LogP contribution is 2.48. The first-order valence-electron chi connectivity index (χ1n) is 6.27. The molecule has 2 aliphatic rings.